The molecule has 0 N–H and O–H groups in total. The second-order valence-electron chi connectivity index (χ2n) is 21.0. The van der Waals surface area contributed by atoms with Crippen LogP contribution in [0.3, 0.4) is 0 Å². The maximum atomic E-state index is 12.9. The van der Waals surface area contributed by atoms with Crippen LogP contribution in [0.5, 0.6) is 0 Å². The number of hydrogen-bond acceptors (Lipinski definition) is 6. The molecule has 1 atom stereocenters. The topological polar surface area (TPSA) is 78.9 Å². The molecule has 0 aromatic rings. The Kier molecular flexibility index (Phi) is 58.7. The van der Waals surface area contributed by atoms with E-state index < -0.39 is 6.10 Å². The average molecular weight is 1020 g/mol. The van der Waals surface area contributed by atoms with Crippen LogP contribution in [0.25, 0.3) is 0 Å². The van der Waals surface area contributed by atoms with Crippen molar-refractivity contribution in [3.8, 4) is 0 Å². The fourth-order valence-electron chi connectivity index (χ4n) is 8.93. The van der Waals surface area contributed by atoms with E-state index in [9.17, 15) is 14.4 Å². The second kappa shape index (κ2) is 61.4. The van der Waals surface area contributed by atoms with Gasteiger partial charge in [-0.05, 0) is 96.3 Å². The molecule has 0 aromatic heterocycles. The summed E-state index contributed by atoms with van der Waals surface area (Å²) in [4.78, 5) is 38.3. The molecule has 0 bridgehead atoms. The van der Waals surface area contributed by atoms with Crippen LogP contribution >= 0.6 is 0 Å². The number of allylic oxidation sites excluding steroid dienone is 12. The maximum absolute atomic E-state index is 12.9. The van der Waals surface area contributed by atoms with Crippen molar-refractivity contribution in [2.45, 2.75) is 322 Å². The van der Waals surface area contributed by atoms with Crippen LogP contribution in [-0.2, 0) is 28.6 Å². The first-order chi connectivity index (χ1) is 36.0. The van der Waals surface area contributed by atoms with Crippen LogP contribution in [0, 0.1) is 0 Å². The van der Waals surface area contributed by atoms with Gasteiger partial charge in [0.1, 0.15) is 13.2 Å². The third-order valence-corrected chi connectivity index (χ3v) is 13.7. The first-order valence-electron chi connectivity index (χ1n) is 31.4. The van der Waals surface area contributed by atoms with Gasteiger partial charge in [-0.15, -0.1) is 0 Å². The zero-order valence-electron chi connectivity index (χ0n) is 48.4. The Bertz CT molecular complexity index is 1360. The van der Waals surface area contributed by atoms with Crippen LogP contribution in [0.15, 0.2) is 72.9 Å². The average Bonchev–Trinajstić information content (AvgIpc) is 3.39. The molecular formula is C67H118O6. The predicted molar refractivity (Wildman–Crippen MR) is 316 cm³/mol. The van der Waals surface area contributed by atoms with Crippen molar-refractivity contribution in [1.29, 1.82) is 0 Å². The lowest BCUT2D eigenvalue weighted by Crippen LogP contribution is -2.30. The highest BCUT2D eigenvalue weighted by Crippen LogP contribution is 2.17. The van der Waals surface area contributed by atoms with E-state index in [1.165, 1.54) is 173 Å². The number of unbranched alkanes of at least 4 members (excludes halogenated alkanes) is 34. The van der Waals surface area contributed by atoms with Gasteiger partial charge in [-0.1, -0.05) is 273 Å². The van der Waals surface area contributed by atoms with Crippen molar-refractivity contribution in [1.82, 2.24) is 0 Å². The van der Waals surface area contributed by atoms with Crippen LogP contribution in [-0.4, -0.2) is 37.2 Å². The van der Waals surface area contributed by atoms with Crippen LogP contribution in [0.2, 0.25) is 0 Å². The van der Waals surface area contributed by atoms with Gasteiger partial charge < -0.3 is 14.2 Å². The van der Waals surface area contributed by atoms with Gasteiger partial charge in [0.2, 0.25) is 0 Å². The van der Waals surface area contributed by atoms with Gasteiger partial charge in [0.15, 0.2) is 6.10 Å². The summed E-state index contributed by atoms with van der Waals surface area (Å²) in [6.07, 6.45) is 78.9. The molecule has 0 aromatic carbocycles. The predicted octanol–water partition coefficient (Wildman–Crippen LogP) is 21.3. The maximum Gasteiger partial charge on any atom is 0.306 e. The zero-order chi connectivity index (χ0) is 52.9. The highest BCUT2D eigenvalue weighted by Gasteiger charge is 2.19. The first-order valence-corrected chi connectivity index (χ1v) is 31.4. The van der Waals surface area contributed by atoms with Gasteiger partial charge in [0.05, 0.1) is 0 Å². The van der Waals surface area contributed by atoms with Crippen LogP contribution < -0.4 is 0 Å². The Morgan fingerprint density at radius 3 is 0.795 bits per heavy atom. The molecule has 6 nitrogen and oxygen atoms in total. The molecule has 0 saturated carbocycles. The lowest BCUT2D eigenvalue weighted by atomic mass is 10.0. The third kappa shape index (κ3) is 59.6. The molecule has 73 heavy (non-hydrogen) atoms. The fraction of sp³-hybridized carbons (Fsp3) is 0.776. The van der Waals surface area contributed by atoms with Gasteiger partial charge in [0, 0.05) is 19.3 Å². The number of hydrogen-bond donors (Lipinski definition) is 0. The summed E-state index contributed by atoms with van der Waals surface area (Å²) in [5.41, 5.74) is 0. The van der Waals surface area contributed by atoms with Crippen molar-refractivity contribution in [2.75, 3.05) is 13.2 Å². The summed E-state index contributed by atoms with van der Waals surface area (Å²) in [6.45, 7) is 6.59. The molecule has 0 rings (SSSR count). The van der Waals surface area contributed by atoms with Crippen molar-refractivity contribution in [3.05, 3.63) is 72.9 Å². The molecule has 0 radical (unpaired) electrons. The Labute approximate surface area is 453 Å². The monoisotopic (exact) mass is 1020 g/mol. The SMILES string of the molecule is CCCCC/C=C\C/C=C\C/C=C\CCCCCCCCC(=O)OC[C@@H](COC(=O)CCCCCC/C=C\C/C=C\C/C=C\CCCCC)OC(=O)CCCCCCCCCCCCCCCCCCCCC. The minimum atomic E-state index is -0.790. The standard InChI is InChI=1S/C67H118O6/c1-4-7-10-13-16-19-22-25-28-31-33-36-39-42-45-48-51-54-57-60-66(69)72-63-64(62-71-65(68)59-56-53-50-47-44-41-38-35-30-27-24-21-18-15-12-9-6-3)73-67(70)61-58-55-52-49-46-43-40-37-34-32-29-26-23-20-17-14-11-8-5-2/h16,18-19,21,25,27-28,30,33,36,38,41,64H,4-15,17,20,22-24,26,29,31-32,34-35,37,39-40,42-63H2,1-3H3/b19-16-,21-18-,28-25-,30-27-,36-33-,41-38-/t64-/m1/s1. The summed E-state index contributed by atoms with van der Waals surface area (Å²) in [5, 5.41) is 0. The number of ether oxygens (including phenoxy) is 3. The molecule has 0 aliphatic heterocycles. The van der Waals surface area contributed by atoms with Crippen molar-refractivity contribution in [3.63, 3.8) is 0 Å². The molecule has 0 aliphatic rings. The van der Waals surface area contributed by atoms with Gasteiger partial charge in [-0.2, -0.15) is 0 Å². The van der Waals surface area contributed by atoms with Crippen molar-refractivity contribution in [2.24, 2.45) is 0 Å². The number of carbonyl (C=O) groups excluding carboxylic acids is 3. The Hall–Kier alpha value is -3.15. The molecule has 6 heteroatoms. The van der Waals surface area contributed by atoms with Gasteiger partial charge in [0.25, 0.3) is 0 Å². The quantitative estimate of drug-likeness (QED) is 0.0261. The zero-order valence-corrected chi connectivity index (χ0v) is 48.4. The van der Waals surface area contributed by atoms with E-state index >= 15 is 0 Å². The fourth-order valence-corrected chi connectivity index (χ4v) is 8.93. The molecule has 0 amide bonds. The molecule has 0 spiro atoms. The number of rotatable bonds is 57. The van der Waals surface area contributed by atoms with Gasteiger partial charge in [-0.25, -0.2) is 0 Å². The second-order valence-corrected chi connectivity index (χ2v) is 21.0. The third-order valence-electron chi connectivity index (χ3n) is 13.7. The number of carbonyl (C=O) groups is 3. The van der Waals surface area contributed by atoms with E-state index in [0.717, 1.165) is 103 Å². The molecule has 0 unspecified atom stereocenters. The first kappa shape index (κ1) is 69.8. The van der Waals surface area contributed by atoms with E-state index in [4.69, 9.17) is 14.2 Å². The van der Waals surface area contributed by atoms with E-state index in [1.807, 2.05) is 0 Å². The summed E-state index contributed by atoms with van der Waals surface area (Å²) < 4.78 is 16.9. The van der Waals surface area contributed by atoms with Gasteiger partial charge >= 0.3 is 17.9 Å². The highest BCUT2D eigenvalue weighted by molar-refractivity contribution is 5.71. The Morgan fingerprint density at radius 1 is 0.274 bits per heavy atom. The molecule has 0 saturated heterocycles. The van der Waals surface area contributed by atoms with Gasteiger partial charge in [-0.3, -0.25) is 14.4 Å². The van der Waals surface area contributed by atoms with Crippen molar-refractivity contribution < 1.29 is 28.6 Å². The Balaban J connectivity index is 4.42. The lowest BCUT2D eigenvalue weighted by Gasteiger charge is -2.18. The summed E-state index contributed by atoms with van der Waals surface area (Å²) in [5.74, 6) is -0.905. The lowest BCUT2D eigenvalue weighted by molar-refractivity contribution is -0.167. The minimum Gasteiger partial charge on any atom is -0.462 e. The van der Waals surface area contributed by atoms with Crippen LogP contribution in [0.4, 0.5) is 0 Å². The van der Waals surface area contributed by atoms with E-state index in [0.29, 0.717) is 19.3 Å². The Morgan fingerprint density at radius 2 is 0.493 bits per heavy atom. The summed E-state index contributed by atoms with van der Waals surface area (Å²) in [6, 6.07) is 0. The molecule has 0 heterocycles. The van der Waals surface area contributed by atoms with E-state index in [2.05, 4.69) is 93.7 Å². The largest absolute Gasteiger partial charge is 0.462 e. The normalized spacial score (nSPS) is 12.5. The van der Waals surface area contributed by atoms with Crippen LogP contribution in [0.1, 0.15) is 316 Å². The molecular weight excluding hydrogens is 901 g/mol. The smallest absolute Gasteiger partial charge is 0.306 e. The summed E-state index contributed by atoms with van der Waals surface area (Å²) in [7, 11) is 0. The number of esters is 3. The van der Waals surface area contributed by atoms with E-state index in [1.54, 1.807) is 0 Å². The van der Waals surface area contributed by atoms with E-state index in [-0.39, 0.29) is 31.1 Å². The van der Waals surface area contributed by atoms with Crippen molar-refractivity contribution >= 4 is 17.9 Å². The minimum absolute atomic E-state index is 0.0873. The summed E-state index contributed by atoms with van der Waals surface area (Å²) >= 11 is 0. The highest BCUT2D eigenvalue weighted by atomic mass is 16.6. The molecule has 422 valence electrons. The molecule has 0 fully saturated rings. The molecule has 0 aliphatic carbocycles.